The summed E-state index contributed by atoms with van der Waals surface area (Å²) >= 11 is 0. The highest BCUT2D eigenvalue weighted by Gasteiger charge is 2.19. The van der Waals surface area contributed by atoms with E-state index in [-0.39, 0.29) is 5.91 Å². The number of piperidine rings is 1. The normalized spacial score (nSPS) is 19.8. The number of benzene rings is 1. The van der Waals surface area contributed by atoms with Crippen molar-refractivity contribution in [1.82, 2.24) is 4.90 Å². The number of nitrogens with two attached hydrogens (primary N) is 1. The molecule has 2 rings (SSSR count). The van der Waals surface area contributed by atoms with Gasteiger partial charge >= 0.3 is 0 Å². The van der Waals surface area contributed by atoms with Crippen LogP contribution in [-0.4, -0.2) is 37.0 Å². The minimum Gasteiger partial charge on any atom is -0.330 e. The van der Waals surface area contributed by atoms with Gasteiger partial charge in [-0.2, -0.15) is 0 Å². The minimum atomic E-state index is 0.0946. The number of rotatable bonds is 6. The maximum Gasteiger partial charge on any atom is 0.225 e. The number of hydrogen-bond donors (Lipinski definition) is 2. The van der Waals surface area contributed by atoms with Gasteiger partial charge in [0.25, 0.3) is 0 Å². The smallest absolute Gasteiger partial charge is 0.225 e. The Morgan fingerprint density at radius 2 is 2.15 bits per heavy atom. The summed E-state index contributed by atoms with van der Waals surface area (Å²) in [5.41, 5.74) is 6.50. The average molecular weight is 275 g/mol. The molecule has 110 valence electrons. The van der Waals surface area contributed by atoms with Crippen molar-refractivity contribution in [3.8, 4) is 0 Å². The van der Waals surface area contributed by atoms with E-state index in [1.54, 1.807) is 0 Å². The van der Waals surface area contributed by atoms with E-state index in [0.29, 0.717) is 12.3 Å². The van der Waals surface area contributed by atoms with Crippen LogP contribution in [0.2, 0.25) is 0 Å². The lowest BCUT2D eigenvalue weighted by atomic mass is 9.95. The third-order valence-corrected chi connectivity index (χ3v) is 3.89. The molecule has 1 heterocycles. The Bertz CT molecular complexity index is 405. The maximum atomic E-state index is 11.9. The molecule has 1 saturated heterocycles. The number of nitrogens with one attached hydrogen (secondary N) is 1. The van der Waals surface area contributed by atoms with E-state index in [4.69, 9.17) is 5.73 Å². The van der Waals surface area contributed by atoms with Gasteiger partial charge in [-0.1, -0.05) is 18.2 Å². The van der Waals surface area contributed by atoms with Crippen molar-refractivity contribution in [2.45, 2.75) is 25.7 Å². The molecule has 1 aromatic rings. The summed E-state index contributed by atoms with van der Waals surface area (Å²) < 4.78 is 0. The summed E-state index contributed by atoms with van der Waals surface area (Å²) in [6, 6.07) is 9.63. The Kier molecular flexibility index (Phi) is 6.02. The van der Waals surface area contributed by atoms with Crippen LogP contribution in [0.25, 0.3) is 0 Å². The second kappa shape index (κ2) is 8.02. The molecule has 1 unspecified atom stereocenters. The van der Waals surface area contributed by atoms with Crippen LogP contribution in [0, 0.1) is 5.92 Å². The fourth-order valence-electron chi connectivity index (χ4n) is 2.83. The van der Waals surface area contributed by atoms with Crippen molar-refractivity contribution >= 4 is 11.6 Å². The maximum absolute atomic E-state index is 11.9. The lowest BCUT2D eigenvalue weighted by Gasteiger charge is -2.32. The van der Waals surface area contributed by atoms with Crippen LogP contribution >= 0.6 is 0 Å². The Balaban J connectivity index is 1.70. The van der Waals surface area contributed by atoms with Crippen LogP contribution in [0.3, 0.4) is 0 Å². The summed E-state index contributed by atoms with van der Waals surface area (Å²) in [7, 11) is 0. The number of likely N-dealkylation sites (tertiary alicyclic amines) is 1. The zero-order valence-electron chi connectivity index (χ0n) is 12.1. The highest BCUT2D eigenvalue weighted by molar-refractivity contribution is 5.90. The Labute approximate surface area is 121 Å². The fraction of sp³-hybridized carbons (Fsp3) is 0.562. The largest absolute Gasteiger partial charge is 0.330 e. The van der Waals surface area contributed by atoms with E-state index in [2.05, 4.69) is 10.2 Å². The van der Waals surface area contributed by atoms with Crippen molar-refractivity contribution in [3.63, 3.8) is 0 Å². The molecule has 1 aromatic carbocycles. The van der Waals surface area contributed by atoms with Crippen molar-refractivity contribution in [2.75, 3.05) is 31.5 Å². The molecular formula is C16H25N3O. The van der Waals surface area contributed by atoms with Gasteiger partial charge < -0.3 is 16.0 Å². The molecule has 1 aliphatic rings. The van der Waals surface area contributed by atoms with Gasteiger partial charge in [0.15, 0.2) is 0 Å². The molecule has 0 saturated carbocycles. The van der Waals surface area contributed by atoms with Gasteiger partial charge in [0.2, 0.25) is 5.91 Å². The molecule has 0 aromatic heterocycles. The molecule has 1 atom stereocenters. The Morgan fingerprint density at radius 1 is 1.35 bits per heavy atom. The molecule has 1 amide bonds. The SMILES string of the molecule is NCCC1CCCN(CCC(=O)Nc2ccccc2)C1. The number of carbonyl (C=O) groups is 1. The molecule has 0 bridgehead atoms. The molecule has 0 radical (unpaired) electrons. The number of amides is 1. The summed E-state index contributed by atoms with van der Waals surface area (Å²) in [6.45, 7) is 3.82. The molecule has 0 aliphatic carbocycles. The predicted molar refractivity (Wildman–Crippen MR) is 82.5 cm³/mol. The summed E-state index contributed by atoms with van der Waals surface area (Å²) in [4.78, 5) is 14.3. The lowest BCUT2D eigenvalue weighted by Crippen LogP contribution is -2.37. The van der Waals surface area contributed by atoms with Crippen molar-refractivity contribution in [2.24, 2.45) is 11.7 Å². The van der Waals surface area contributed by atoms with E-state index >= 15 is 0 Å². The van der Waals surface area contributed by atoms with Crippen LogP contribution in [0.1, 0.15) is 25.7 Å². The van der Waals surface area contributed by atoms with Crippen LogP contribution in [0.5, 0.6) is 0 Å². The van der Waals surface area contributed by atoms with Gasteiger partial charge in [0.1, 0.15) is 0 Å². The van der Waals surface area contributed by atoms with E-state index in [1.165, 1.54) is 12.8 Å². The first-order valence-electron chi connectivity index (χ1n) is 7.55. The zero-order chi connectivity index (χ0) is 14.2. The number of nitrogens with zero attached hydrogens (tertiary/aromatic N) is 1. The van der Waals surface area contributed by atoms with Gasteiger partial charge in [0.05, 0.1) is 0 Å². The fourth-order valence-corrected chi connectivity index (χ4v) is 2.83. The van der Waals surface area contributed by atoms with Crippen LogP contribution in [-0.2, 0) is 4.79 Å². The molecule has 0 spiro atoms. The second-order valence-electron chi connectivity index (χ2n) is 5.55. The summed E-state index contributed by atoms with van der Waals surface area (Å²) in [5.74, 6) is 0.808. The van der Waals surface area contributed by atoms with Gasteiger partial charge in [-0.3, -0.25) is 4.79 Å². The monoisotopic (exact) mass is 275 g/mol. The minimum absolute atomic E-state index is 0.0946. The predicted octanol–water partition coefficient (Wildman–Crippen LogP) is 2.08. The first-order chi connectivity index (χ1) is 9.78. The quantitative estimate of drug-likeness (QED) is 0.835. The van der Waals surface area contributed by atoms with Gasteiger partial charge in [-0.15, -0.1) is 0 Å². The standard InChI is InChI=1S/C16H25N3O/c17-10-8-14-5-4-11-19(13-14)12-9-16(20)18-15-6-2-1-3-7-15/h1-3,6-7,14H,4-5,8-13,17H2,(H,18,20). The van der Waals surface area contributed by atoms with E-state index < -0.39 is 0 Å². The van der Waals surface area contributed by atoms with Crippen molar-refractivity contribution in [3.05, 3.63) is 30.3 Å². The van der Waals surface area contributed by atoms with E-state index in [9.17, 15) is 4.79 Å². The van der Waals surface area contributed by atoms with Crippen LogP contribution < -0.4 is 11.1 Å². The molecule has 1 fully saturated rings. The summed E-state index contributed by atoms with van der Waals surface area (Å²) in [5, 5.41) is 2.93. The van der Waals surface area contributed by atoms with E-state index in [0.717, 1.165) is 38.3 Å². The first kappa shape index (κ1) is 15.0. The number of para-hydroxylation sites is 1. The molecule has 1 aliphatic heterocycles. The number of anilines is 1. The topological polar surface area (TPSA) is 58.4 Å². The molecule has 4 nitrogen and oxygen atoms in total. The molecule has 3 N–H and O–H groups in total. The van der Waals surface area contributed by atoms with Gasteiger partial charge in [-0.25, -0.2) is 0 Å². The van der Waals surface area contributed by atoms with Crippen molar-refractivity contribution < 1.29 is 4.79 Å². The third kappa shape index (κ3) is 4.94. The Hall–Kier alpha value is -1.39. The lowest BCUT2D eigenvalue weighted by molar-refractivity contribution is -0.116. The molecule has 20 heavy (non-hydrogen) atoms. The second-order valence-corrected chi connectivity index (χ2v) is 5.55. The van der Waals surface area contributed by atoms with Crippen LogP contribution in [0.4, 0.5) is 5.69 Å². The number of carbonyl (C=O) groups excluding carboxylic acids is 1. The first-order valence-corrected chi connectivity index (χ1v) is 7.55. The average Bonchev–Trinajstić information content (AvgIpc) is 2.47. The van der Waals surface area contributed by atoms with Crippen LogP contribution in [0.15, 0.2) is 30.3 Å². The summed E-state index contributed by atoms with van der Waals surface area (Å²) in [6.07, 6.45) is 4.17. The third-order valence-electron chi connectivity index (χ3n) is 3.89. The van der Waals surface area contributed by atoms with Gasteiger partial charge in [-0.05, 0) is 50.4 Å². The number of hydrogen-bond acceptors (Lipinski definition) is 3. The molecular weight excluding hydrogens is 250 g/mol. The molecule has 4 heteroatoms. The Morgan fingerprint density at radius 3 is 2.90 bits per heavy atom. The van der Waals surface area contributed by atoms with Gasteiger partial charge in [0, 0.05) is 25.2 Å². The highest BCUT2D eigenvalue weighted by atomic mass is 16.1. The van der Waals surface area contributed by atoms with Crippen molar-refractivity contribution in [1.29, 1.82) is 0 Å². The van der Waals surface area contributed by atoms with E-state index in [1.807, 2.05) is 30.3 Å². The zero-order valence-corrected chi connectivity index (χ0v) is 12.1. The highest BCUT2D eigenvalue weighted by Crippen LogP contribution is 2.19.